The summed E-state index contributed by atoms with van der Waals surface area (Å²) in [6, 6.07) is 12.7. The fraction of sp³-hybridized carbons (Fsp3) is 0.160. The summed E-state index contributed by atoms with van der Waals surface area (Å²) < 4.78 is 18.3. The van der Waals surface area contributed by atoms with E-state index in [4.69, 9.17) is 25.6 Å². The van der Waals surface area contributed by atoms with E-state index in [9.17, 15) is 9.59 Å². The van der Waals surface area contributed by atoms with Crippen molar-refractivity contribution in [2.45, 2.75) is 19.8 Å². The lowest BCUT2D eigenvalue weighted by molar-refractivity contribution is -0.134. The van der Waals surface area contributed by atoms with E-state index in [-0.39, 0.29) is 23.1 Å². The van der Waals surface area contributed by atoms with Crippen molar-refractivity contribution < 1.29 is 23.6 Å². The molecule has 8 heteroatoms. The average molecular weight is 463 g/mol. The van der Waals surface area contributed by atoms with Gasteiger partial charge in [0.05, 0.1) is 12.0 Å². The zero-order valence-electron chi connectivity index (χ0n) is 17.9. The SMILES string of the molecule is Cc1cc(OC(=O)CCc2cc(Cl)no2)cc2c1C(=O)/C(=C/c1cn(C)c3ccccc13)O2. The van der Waals surface area contributed by atoms with Gasteiger partial charge in [0.2, 0.25) is 5.78 Å². The molecule has 5 rings (SSSR count). The minimum Gasteiger partial charge on any atom is -0.452 e. The Bertz CT molecular complexity index is 1450. The molecule has 0 unspecified atom stereocenters. The van der Waals surface area contributed by atoms with Crippen LogP contribution in [0.25, 0.3) is 17.0 Å². The molecule has 0 N–H and O–H groups in total. The van der Waals surface area contributed by atoms with Crippen LogP contribution in [0.1, 0.15) is 33.7 Å². The van der Waals surface area contributed by atoms with Gasteiger partial charge in [-0.1, -0.05) is 35.0 Å². The molecule has 0 spiro atoms. The van der Waals surface area contributed by atoms with Gasteiger partial charge in [-0.3, -0.25) is 9.59 Å². The molecule has 0 bridgehead atoms. The largest absolute Gasteiger partial charge is 0.452 e. The van der Waals surface area contributed by atoms with Crippen LogP contribution < -0.4 is 9.47 Å². The molecule has 166 valence electrons. The predicted octanol–water partition coefficient (Wildman–Crippen LogP) is 5.28. The third-order valence-corrected chi connectivity index (χ3v) is 5.67. The number of nitrogens with zero attached hydrogens (tertiary/aromatic N) is 2. The van der Waals surface area contributed by atoms with E-state index in [0.29, 0.717) is 34.8 Å². The highest BCUT2D eigenvalue weighted by Crippen LogP contribution is 2.38. The van der Waals surface area contributed by atoms with Crippen molar-refractivity contribution in [1.82, 2.24) is 9.72 Å². The third-order valence-electron chi connectivity index (χ3n) is 5.50. The molecule has 2 aromatic heterocycles. The molecule has 0 radical (unpaired) electrons. The van der Waals surface area contributed by atoms with Gasteiger partial charge in [0.25, 0.3) is 0 Å². The van der Waals surface area contributed by atoms with Crippen molar-refractivity contribution in [1.29, 1.82) is 0 Å². The number of fused-ring (bicyclic) bond motifs is 2. The molecular formula is C25H19ClN2O5. The van der Waals surface area contributed by atoms with Crippen molar-refractivity contribution in [3.8, 4) is 11.5 Å². The number of allylic oxidation sites excluding steroid dienone is 1. The number of Topliss-reactive ketones (excluding diaryl/α,β-unsaturated/α-hetero) is 1. The van der Waals surface area contributed by atoms with Gasteiger partial charge in [0, 0.05) is 48.3 Å². The van der Waals surface area contributed by atoms with Crippen molar-refractivity contribution in [2.24, 2.45) is 7.05 Å². The second-order valence-corrected chi connectivity index (χ2v) is 8.24. The number of carbonyl (C=O) groups excluding carboxylic acids is 2. The molecule has 0 aliphatic carbocycles. The fourth-order valence-corrected chi connectivity index (χ4v) is 4.14. The zero-order valence-corrected chi connectivity index (χ0v) is 18.7. The predicted molar refractivity (Wildman–Crippen MR) is 123 cm³/mol. The van der Waals surface area contributed by atoms with E-state index in [2.05, 4.69) is 5.16 Å². The molecule has 0 fully saturated rings. The normalized spacial score (nSPS) is 14.0. The molecule has 1 aliphatic rings. The number of benzene rings is 2. The summed E-state index contributed by atoms with van der Waals surface area (Å²) in [5.74, 6) is 0.768. The van der Waals surface area contributed by atoms with Crippen LogP contribution in [0.15, 0.2) is 58.9 Å². The first-order valence-corrected chi connectivity index (χ1v) is 10.7. The van der Waals surface area contributed by atoms with E-state index >= 15 is 0 Å². The quantitative estimate of drug-likeness (QED) is 0.228. The van der Waals surface area contributed by atoms with Crippen LogP contribution in [-0.4, -0.2) is 21.5 Å². The van der Waals surface area contributed by atoms with Crippen molar-refractivity contribution in [2.75, 3.05) is 0 Å². The van der Waals surface area contributed by atoms with E-state index in [1.807, 2.05) is 42.1 Å². The maximum atomic E-state index is 13.0. The van der Waals surface area contributed by atoms with E-state index in [0.717, 1.165) is 16.5 Å². The molecule has 0 amide bonds. The standard InChI is InChI=1S/C25H19ClN2O5/c1-14-9-17(31-23(29)8-7-16-12-22(26)27-33-16)11-20-24(14)25(30)21(32-20)10-15-13-28(2)19-6-4-3-5-18(15)19/h3-6,9-13H,7-8H2,1-2H3/b21-10-. The smallest absolute Gasteiger partial charge is 0.311 e. The maximum absolute atomic E-state index is 13.0. The summed E-state index contributed by atoms with van der Waals surface area (Å²) in [4.78, 5) is 25.3. The Balaban J connectivity index is 1.36. The monoisotopic (exact) mass is 462 g/mol. The zero-order chi connectivity index (χ0) is 23.1. The second kappa shape index (κ2) is 8.26. The van der Waals surface area contributed by atoms with Crippen LogP contribution in [0.4, 0.5) is 0 Å². The van der Waals surface area contributed by atoms with Gasteiger partial charge in [-0.2, -0.15) is 0 Å². The van der Waals surface area contributed by atoms with Crippen LogP contribution in [0.2, 0.25) is 5.15 Å². The van der Waals surface area contributed by atoms with Gasteiger partial charge in [-0.25, -0.2) is 0 Å². The van der Waals surface area contributed by atoms with E-state index in [1.54, 1.807) is 31.2 Å². The number of esters is 1. The van der Waals surface area contributed by atoms with Crippen molar-refractivity contribution >= 4 is 40.3 Å². The maximum Gasteiger partial charge on any atom is 0.311 e. The van der Waals surface area contributed by atoms with Gasteiger partial charge < -0.3 is 18.6 Å². The molecule has 1 aliphatic heterocycles. The van der Waals surface area contributed by atoms with Crippen LogP contribution in [0, 0.1) is 6.92 Å². The number of hydrogen-bond acceptors (Lipinski definition) is 6. The molecule has 33 heavy (non-hydrogen) atoms. The van der Waals surface area contributed by atoms with Crippen molar-refractivity contribution in [3.05, 3.63) is 82.0 Å². The number of ketones is 1. The molecule has 7 nitrogen and oxygen atoms in total. The van der Waals surface area contributed by atoms with Gasteiger partial charge in [0.1, 0.15) is 17.3 Å². The first kappa shape index (κ1) is 21.0. The third kappa shape index (κ3) is 4.03. The summed E-state index contributed by atoms with van der Waals surface area (Å²) in [5.41, 5.74) is 3.09. The molecule has 0 saturated carbocycles. The Hall–Kier alpha value is -3.84. The van der Waals surface area contributed by atoms with Gasteiger partial charge in [-0.05, 0) is 30.7 Å². The number of para-hydroxylation sites is 1. The van der Waals surface area contributed by atoms with Crippen LogP contribution in [-0.2, 0) is 18.3 Å². The Labute approximate surface area is 194 Å². The van der Waals surface area contributed by atoms with Crippen LogP contribution in [0.5, 0.6) is 11.5 Å². The van der Waals surface area contributed by atoms with Crippen LogP contribution in [0.3, 0.4) is 0 Å². The lowest BCUT2D eigenvalue weighted by Crippen LogP contribution is -2.09. The van der Waals surface area contributed by atoms with Gasteiger partial charge in [0.15, 0.2) is 10.9 Å². The molecule has 4 aromatic rings. The Morgan fingerprint density at radius 2 is 2.06 bits per heavy atom. The van der Waals surface area contributed by atoms with Crippen molar-refractivity contribution in [3.63, 3.8) is 0 Å². The first-order valence-electron chi connectivity index (χ1n) is 10.3. The average Bonchev–Trinajstić information content (AvgIpc) is 3.43. The fourth-order valence-electron chi connectivity index (χ4n) is 3.98. The number of carbonyl (C=O) groups is 2. The highest BCUT2D eigenvalue weighted by molar-refractivity contribution is 6.29. The molecule has 3 heterocycles. The van der Waals surface area contributed by atoms with E-state index in [1.165, 1.54) is 0 Å². The number of ether oxygens (including phenoxy) is 2. The number of aromatic nitrogens is 2. The highest BCUT2D eigenvalue weighted by atomic mass is 35.5. The molecular weight excluding hydrogens is 444 g/mol. The summed E-state index contributed by atoms with van der Waals surface area (Å²) in [5, 5.41) is 4.84. The number of aryl methyl sites for hydroxylation is 3. The minimum absolute atomic E-state index is 0.0909. The number of rotatable bonds is 5. The molecule has 2 aromatic carbocycles. The highest BCUT2D eigenvalue weighted by Gasteiger charge is 2.30. The summed E-state index contributed by atoms with van der Waals surface area (Å²) in [6.07, 6.45) is 4.11. The Kier molecular flexibility index (Phi) is 5.26. The first-order chi connectivity index (χ1) is 15.9. The summed E-state index contributed by atoms with van der Waals surface area (Å²) >= 11 is 5.71. The summed E-state index contributed by atoms with van der Waals surface area (Å²) in [7, 11) is 1.96. The second-order valence-electron chi connectivity index (χ2n) is 7.86. The molecule has 0 atom stereocenters. The van der Waals surface area contributed by atoms with Gasteiger partial charge >= 0.3 is 5.97 Å². The van der Waals surface area contributed by atoms with Crippen LogP contribution >= 0.6 is 11.6 Å². The number of halogens is 1. The number of hydrogen-bond donors (Lipinski definition) is 0. The van der Waals surface area contributed by atoms with Gasteiger partial charge in [-0.15, -0.1) is 0 Å². The van der Waals surface area contributed by atoms with E-state index < -0.39 is 5.97 Å². The topological polar surface area (TPSA) is 83.6 Å². The Morgan fingerprint density at radius 3 is 2.85 bits per heavy atom. The summed E-state index contributed by atoms with van der Waals surface area (Å²) in [6.45, 7) is 1.79. The minimum atomic E-state index is -0.447. The Morgan fingerprint density at radius 1 is 1.24 bits per heavy atom. The molecule has 0 saturated heterocycles. The lowest BCUT2D eigenvalue weighted by Gasteiger charge is -2.07. The lowest BCUT2D eigenvalue weighted by atomic mass is 10.0.